The van der Waals surface area contributed by atoms with Crippen molar-refractivity contribution in [2.24, 2.45) is 0 Å². The van der Waals surface area contributed by atoms with Gasteiger partial charge in [0.2, 0.25) is 10.1 Å². The van der Waals surface area contributed by atoms with E-state index in [1.165, 1.54) is 28.3 Å². The highest BCUT2D eigenvalue weighted by Crippen LogP contribution is 2.21. The number of nitrogens with zero attached hydrogens (tertiary/aromatic N) is 4. The first-order valence-corrected chi connectivity index (χ1v) is 8.56. The number of rotatable bonds is 4. The van der Waals surface area contributed by atoms with Gasteiger partial charge in [0.15, 0.2) is 0 Å². The highest BCUT2D eigenvalue weighted by atomic mass is 32.1. The molecule has 3 aromatic rings. The van der Waals surface area contributed by atoms with E-state index in [2.05, 4.69) is 15.4 Å². The largest absolute Gasteiger partial charge is 0.467 e. The standard InChI is InChI=1S/C15H15N5O4S/c21-12(16-8-10-2-1-5-24-10)11-9-17-14-20(13(11)22)18-15(25-14)19-3-6-23-7-4-19/h1-2,5,9H,3-4,6-8H2,(H,16,21). The summed E-state index contributed by atoms with van der Waals surface area (Å²) in [4.78, 5) is 31.5. The van der Waals surface area contributed by atoms with Crippen LogP contribution in [0.25, 0.3) is 4.96 Å². The van der Waals surface area contributed by atoms with Crippen molar-refractivity contribution >= 4 is 27.3 Å². The maximum Gasteiger partial charge on any atom is 0.288 e. The highest BCUT2D eigenvalue weighted by molar-refractivity contribution is 7.20. The Morgan fingerprint density at radius 3 is 2.96 bits per heavy atom. The van der Waals surface area contributed by atoms with Crippen LogP contribution >= 0.6 is 11.3 Å². The van der Waals surface area contributed by atoms with E-state index >= 15 is 0 Å². The molecule has 0 bridgehead atoms. The molecule has 25 heavy (non-hydrogen) atoms. The van der Waals surface area contributed by atoms with Crippen LogP contribution in [0.5, 0.6) is 0 Å². The molecule has 0 aromatic carbocycles. The van der Waals surface area contributed by atoms with E-state index in [1.807, 2.05) is 4.90 Å². The number of nitrogens with one attached hydrogen (secondary N) is 1. The van der Waals surface area contributed by atoms with Crippen LogP contribution in [0.4, 0.5) is 5.13 Å². The third-order valence-electron chi connectivity index (χ3n) is 3.81. The number of anilines is 1. The lowest BCUT2D eigenvalue weighted by Gasteiger charge is -2.25. The molecule has 4 heterocycles. The number of morpholine rings is 1. The monoisotopic (exact) mass is 361 g/mol. The van der Waals surface area contributed by atoms with Crippen LogP contribution < -0.4 is 15.8 Å². The summed E-state index contributed by atoms with van der Waals surface area (Å²) >= 11 is 1.31. The summed E-state index contributed by atoms with van der Waals surface area (Å²) in [6.07, 6.45) is 2.81. The summed E-state index contributed by atoms with van der Waals surface area (Å²) in [5, 5.41) is 7.66. The lowest BCUT2D eigenvalue weighted by molar-refractivity contribution is 0.0946. The Morgan fingerprint density at radius 1 is 1.36 bits per heavy atom. The van der Waals surface area contributed by atoms with Crippen molar-refractivity contribution in [1.82, 2.24) is 19.9 Å². The first-order chi connectivity index (χ1) is 12.2. The van der Waals surface area contributed by atoms with Crippen molar-refractivity contribution in [2.45, 2.75) is 6.54 Å². The minimum atomic E-state index is -0.510. The second kappa shape index (κ2) is 6.65. The number of ether oxygens (including phenoxy) is 1. The van der Waals surface area contributed by atoms with Gasteiger partial charge < -0.3 is 19.4 Å². The molecule has 0 saturated carbocycles. The van der Waals surface area contributed by atoms with E-state index in [1.54, 1.807) is 12.1 Å². The Balaban J connectivity index is 1.58. The van der Waals surface area contributed by atoms with E-state index in [0.717, 1.165) is 0 Å². The zero-order valence-corrected chi connectivity index (χ0v) is 14.0. The van der Waals surface area contributed by atoms with Crippen molar-refractivity contribution in [3.05, 3.63) is 46.3 Å². The van der Waals surface area contributed by atoms with Gasteiger partial charge in [-0.2, -0.15) is 4.52 Å². The van der Waals surface area contributed by atoms with E-state index in [9.17, 15) is 9.59 Å². The Morgan fingerprint density at radius 2 is 2.20 bits per heavy atom. The van der Waals surface area contributed by atoms with Gasteiger partial charge >= 0.3 is 0 Å². The Kier molecular flexibility index (Phi) is 4.20. The molecular formula is C15H15N5O4S. The molecule has 1 N–H and O–H groups in total. The van der Waals surface area contributed by atoms with Crippen LogP contribution in [-0.4, -0.2) is 46.8 Å². The summed E-state index contributed by atoms with van der Waals surface area (Å²) in [7, 11) is 0. The first kappa shape index (κ1) is 15.8. The molecular weight excluding hydrogens is 346 g/mol. The average Bonchev–Trinajstić information content (AvgIpc) is 3.31. The van der Waals surface area contributed by atoms with Crippen LogP contribution in [0, 0.1) is 0 Å². The van der Waals surface area contributed by atoms with Crippen molar-refractivity contribution in [3.8, 4) is 0 Å². The minimum Gasteiger partial charge on any atom is -0.467 e. The Hall–Kier alpha value is -2.72. The number of hydrogen-bond donors (Lipinski definition) is 1. The van der Waals surface area contributed by atoms with Gasteiger partial charge in [0.25, 0.3) is 11.5 Å². The SMILES string of the molecule is O=C(NCc1ccco1)c1cnc2sc(N3CCOCC3)nn2c1=O. The number of furan rings is 1. The lowest BCUT2D eigenvalue weighted by atomic mass is 10.3. The zero-order chi connectivity index (χ0) is 17.2. The van der Waals surface area contributed by atoms with E-state index in [4.69, 9.17) is 9.15 Å². The van der Waals surface area contributed by atoms with E-state index in [0.29, 0.717) is 42.2 Å². The van der Waals surface area contributed by atoms with Gasteiger partial charge in [-0.1, -0.05) is 11.3 Å². The maximum atomic E-state index is 12.6. The van der Waals surface area contributed by atoms with Crippen LogP contribution in [0.2, 0.25) is 0 Å². The lowest BCUT2D eigenvalue weighted by Crippen LogP contribution is -2.36. The predicted octanol–water partition coefficient (Wildman–Crippen LogP) is 0.511. The van der Waals surface area contributed by atoms with Crippen molar-refractivity contribution in [1.29, 1.82) is 0 Å². The third-order valence-corrected chi connectivity index (χ3v) is 4.79. The molecule has 1 saturated heterocycles. The van der Waals surface area contributed by atoms with Crippen LogP contribution in [0.3, 0.4) is 0 Å². The summed E-state index contributed by atoms with van der Waals surface area (Å²) < 4.78 is 11.6. The number of hydrogen-bond acceptors (Lipinski definition) is 8. The molecule has 0 atom stereocenters. The van der Waals surface area contributed by atoms with E-state index < -0.39 is 11.5 Å². The molecule has 3 aromatic heterocycles. The molecule has 0 aliphatic carbocycles. The van der Waals surface area contributed by atoms with E-state index in [-0.39, 0.29) is 12.1 Å². The molecule has 10 heteroatoms. The maximum absolute atomic E-state index is 12.6. The fourth-order valence-electron chi connectivity index (χ4n) is 2.49. The third kappa shape index (κ3) is 3.13. The molecule has 4 rings (SSSR count). The normalized spacial score (nSPS) is 14.8. The molecule has 1 fully saturated rings. The molecule has 1 amide bonds. The van der Waals surface area contributed by atoms with Gasteiger partial charge in [0, 0.05) is 19.3 Å². The Labute approximate surface area is 145 Å². The number of carbonyl (C=O) groups excluding carboxylic acids is 1. The van der Waals surface area contributed by atoms with Gasteiger partial charge in [0.05, 0.1) is 26.0 Å². The average molecular weight is 361 g/mol. The van der Waals surface area contributed by atoms with Gasteiger partial charge in [-0.05, 0) is 12.1 Å². The molecule has 0 radical (unpaired) electrons. The number of aromatic nitrogens is 3. The molecule has 130 valence electrons. The van der Waals surface area contributed by atoms with Gasteiger partial charge in [-0.15, -0.1) is 5.10 Å². The second-order valence-corrected chi connectivity index (χ2v) is 6.35. The predicted molar refractivity (Wildman–Crippen MR) is 90.0 cm³/mol. The molecule has 1 aliphatic rings. The van der Waals surface area contributed by atoms with Gasteiger partial charge in [-0.3, -0.25) is 9.59 Å². The molecule has 0 spiro atoms. The van der Waals surface area contributed by atoms with Crippen molar-refractivity contribution in [2.75, 3.05) is 31.2 Å². The first-order valence-electron chi connectivity index (χ1n) is 7.74. The smallest absolute Gasteiger partial charge is 0.288 e. The quantitative estimate of drug-likeness (QED) is 0.722. The highest BCUT2D eigenvalue weighted by Gasteiger charge is 2.19. The topological polar surface area (TPSA) is 102 Å². The summed E-state index contributed by atoms with van der Waals surface area (Å²) in [6.45, 7) is 2.87. The van der Waals surface area contributed by atoms with Crippen molar-refractivity contribution in [3.63, 3.8) is 0 Å². The van der Waals surface area contributed by atoms with Crippen LogP contribution in [0.1, 0.15) is 16.1 Å². The number of fused-ring (bicyclic) bond motifs is 1. The van der Waals surface area contributed by atoms with Crippen LogP contribution in [0.15, 0.2) is 33.8 Å². The minimum absolute atomic E-state index is 0.0529. The second-order valence-electron chi connectivity index (χ2n) is 5.42. The molecule has 1 aliphatic heterocycles. The zero-order valence-electron chi connectivity index (χ0n) is 13.2. The number of amides is 1. The summed E-state index contributed by atoms with van der Waals surface area (Å²) in [6, 6.07) is 3.47. The van der Waals surface area contributed by atoms with Crippen molar-refractivity contribution < 1.29 is 13.9 Å². The molecule has 9 nitrogen and oxygen atoms in total. The Bertz CT molecular complexity index is 943. The number of carbonyl (C=O) groups is 1. The fourth-order valence-corrected chi connectivity index (χ4v) is 3.40. The summed E-state index contributed by atoms with van der Waals surface area (Å²) in [5.74, 6) is 0.0926. The van der Waals surface area contributed by atoms with Crippen LogP contribution in [-0.2, 0) is 11.3 Å². The summed E-state index contributed by atoms with van der Waals surface area (Å²) in [5.41, 5.74) is -0.541. The fraction of sp³-hybridized carbons (Fsp3) is 0.333. The molecule has 0 unspecified atom stereocenters. The van der Waals surface area contributed by atoms with Gasteiger partial charge in [-0.25, -0.2) is 4.98 Å². The van der Waals surface area contributed by atoms with Gasteiger partial charge in [0.1, 0.15) is 11.3 Å².